The summed E-state index contributed by atoms with van der Waals surface area (Å²) in [6, 6.07) is -0.866. The van der Waals surface area contributed by atoms with Gasteiger partial charge < -0.3 is 14.9 Å². The summed E-state index contributed by atoms with van der Waals surface area (Å²) >= 11 is 2.98. The van der Waals surface area contributed by atoms with E-state index in [1.807, 2.05) is 5.43 Å². The fourth-order valence-corrected chi connectivity index (χ4v) is 1.60. The summed E-state index contributed by atoms with van der Waals surface area (Å²) in [5.41, 5.74) is 1.94. The standard InChI is InChI=1S/C7H10BrN5O4/c1-17-3-5(7(14)10-9)12-2-4(8)6(11-12)13(15)16/h2,5H,3,9H2,1H3,(H,10,14). The molecule has 1 rings (SSSR count). The molecule has 0 spiro atoms. The minimum atomic E-state index is -0.866. The molecule has 0 saturated heterocycles. The minimum Gasteiger partial charge on any atom is -0.382 e. The Morgan fingerprint density at radius 2 is 2.53 bits per heavy atom. The Labute approximate surface area is 104 Å². The molecule has 9 nitrogen and oxygen atoms in total. The predicted octanol–water partition coefficient (Wildman–Crippen LogP) is -0.269. The van der Waals surface area contributed by atoms with Crippen molar-refractivity contribution in [3.05, 3.63) is 20.8 Å². The maximum Gasteiger partial charge on any atom is 0.404 e. The Morgan fingerprint density at radius 1 is 1.88 bits per heavy atom. The molecule has 1 atom stereocenters. The van der Waals surface area contributed by atoms with Crippen LogP contribution in [0.25, 0.3) is 0 Å². The van der Waals surface area contributed by atoms with E-state index in [1.165, 1.54) is 13.3 Å². The van der Waals surface area contributed by atoms with Crippen molar-refractivity contribution in [3.63, 3.8) is 0 Å². The van der Waals surface area contributed by atoms with Crippen molar-refractivity contribution in [2.45, 2.75) is 6.04 Å². The Balaban J connectivity index is 3.06. The van der Waals surface area contributed by atoms with Gasteiger partial charge in [0, 0.05) is 7.11 Å². The second-order valence-corrected chi connectivity index (χ2v) is 3.87. The van der Waals surface area contributed by atoms with Crippen LogP contribution >= 0.6 is 15.9 Å². The molecule has 0 aliphatic rings. The lowest BCUT2D eigenvalue weighted by Gasteiger charge is -2.11. The van der Waals surface area contributed by atoms with Crippen LogP contribution in [-0.2, 0) is 9.53 Å². The lowest BCUT2D eigenvalue weighted by Crippen LogP contribution is -2.39. The molecule has 0 aromatic carbocycles. The van der Waals surface area contributed by atoms with Crippen LogP contribution in [0.15, 0.2) is 10.7 Å². The van der Waals surface area contributed by atoms with Crippen LogP contribution in [0.3, 0.4) is 0 Å². The molecule has 94 valence electrons. The van der Waals surface area contributed by atoms with Crippen molar-refractivity contribution < 1.29 is 14.5 Å². The summed E-state index contributed by atoms with van der Waals surface area (Å²) in [6.45, 7) is -0.00565. The highest BCUT2D eigenvalue weighted by Gasteiger charge is 2.28. The van der Waals surface area contributed by atoms with Gasteiger partial charge in [-0.1, -0.05) is 0 Å². The van der Waals surface area contributed by atoms with E-state index in [9.17, 15) is 14.9 Å². The molecular formula is C7H10BrN5O4. The van der Waals surface area contributed by atoms with Gasteiger partial charge in [-0.05, 0) is 20.9 Å². The van der Waals surface area contributed by atoms with Gasteiger partial charge in [0.15, 0.2) is 6.04 Å². The summed E-state index contributed by atoms with van der Waals surface area (Å²) in [5, 5.41) is 14.3. The largest absolute Gasteiger partial charge is 0.404 e. The van der Waals surface area contributed by atoms with Crippen molar-refractivity contribution in [2.75, 3.05) is 13.7 Å². The first-order chi connectivity index (χ1) is 8.01. The third kappa shape index (κ3) is 2.99. The number of ether oxygens (including phenoxy) is 1. The smallest absolute Gasteiger partial charge is 0.382 e. The third-order valence-corrected chi connectivity index (χ3v) is 2.49. The number of methoxy groups -OCH3 is 1. The zero-order valence-corrected chi connectivity index (χ0v) is 10.4. The number of amides is 1. The number of nitrogens with two attached hydrogens (primary N) is 1. The molecule has 3 N–H and O–H groups in total. The quantitative estimate of drug-likeness (QED) is 0.334. The van der Waals surface area contributed by atoms with Crippen molar-refractivity contribution >= 4 is 27.7 Å². The van der Waals surface area contributed by atoms with Crippen molar-refractivity contribution in [1.29, 1.82) is 0 Å². The maximum atomic E-state index is 11.4. The van der Waals surface area contributed by atoms with E-state index < -0.39 is 16.9 Å². The van der Waals surface area contributed by atoms with E-state index in [0.717, 1.165) is 4.68 Å². The van der Waals surface area contributed by atoms with Gasteiger partial charge in [0.05, 0.1) is 17.9 Å². The number of rotatable bonds is 5. The summed E-state index contributed by atoms with van der Waals surface area (Å²) in [7, 11) is 1.39. The van der Waals surface area contributed by atoms with Gasteiger partial charge in [0.1, 0.15) is 4.47 Å². The molecule has 1 unspecified atom stereocenters. The van der Waals surface area contributed by atoms with Gasteiger partial charge in [-0.15, -0.1) is 0 Å². The summed E-state index contributed by atoms with van der Waals surface area (Å²) in [5.74, 6) is 4.07. The number of carbonyl (C=O) groups excluding carboxylic acids is 1. The molecule has 1 aromatic rings. The molecule has 17 heavy (non-hydrogen) atoms. The van der Waals surface area contributed by atoms with Crippen molar-refractivity contribution in [3.8, 4) is 0 Å². The van der Waals surface area contributed by atoms with Crippen LogP contribution in [0.4, 0.5) is 5.82 Å². The molecule has 0 saturated carbocycles. The van der Waals surface area contributed by atoms with Gasteiger partial charge in [0.25, 0.3) is 5.91 Å². The van der Waals surface area contributed by atoms with Crippen LogP contribution in [0.5, 0.6) is 0 Å². The van der Waals surface area contributed by atoms with Crippen LogP contribution < -0.4 is 11.3 Å². The highest BCUT2D eigenvalue weighted by Crippen LogP contribution is 2.24. The zero-order chi connectivity index (χ0) is 13.0. The van der Waals surface area contributed by atoms with E-state index in [2.05, 4.69) is 21.0 Å². The first-order valence-electron chi connectivity index (χ1n) is 4.39. The van der Waals surface area contributed by atoms with Gasteiger partial charge >= 0.3 is 5.82 Å². The Bertz CT molecular complexity index is 434. The van der Waals surface area contributed by atoms with E-state index >= 15 is 0 Å². The number of nitro groups is 1. The average molecular weight is 308 g/mol. The molecule has 0 radical (unpaired) electrons. The molecule has 0 aliphatic heterocycles. The van der Waals surface area contributed by atoms with E-state index in [0.29, 0.717) is 0 Å². The van der Waals surface area contributed by atoms with Gasteiger partial charge in [-0.3, -0.25) is 10.2 Å². The minimum absolute atomic E-state index is 0.00565. The van der Waals surface area contributed by atoms with E-state index in [-0.39, 0.29) is 16.9 Å². The normalized spacial score (nSPS) is 12.2. The predicted molar refractivity (Wildman–Crippen MR) is 59.8 cm³/mol. The molecule has 0 aliphatic carbocycles. The van der Waals surface area contributed by atoms with Crippen molar-refractivity contribution in [2.24, 2.45) is 5.84 Å². The molecule has 1 amide bonds. The van der Waals surface area contributed by atoms with Gasteiger partial charge in [0.2, 0.25) is 0 Å². The molecule has 1 heterocycles. The van der Waals surface area contributed by atoms with Crippen LogP contribution in [-0.4, -0.2) is 34.3 Å². The van der Waals surface area contributed by atoms with E-state index in [1.54, 1.807) is 0 Å². The number of hydrogen-bond donors (Lipinski definition) is 2. The van der Waals surface area contributed by atoms with Crippen LogP contribution in [0.1, 0.15) is 6.04 Å². The molecular weight excluding hydrogens is 298 g/mol. The first kappa shape index (κ1) is 13.5. The number of hydrogen-bond acceptors (Lipinski definition) is 6. The second-order valence-electron chi connectivity index (χ2n) is 3.02. The Kier molecular flexibility index (Phi) is 4.54. The Morgan fingerprint density at radius 3 is 2.94 bits per heavy atom. The maximum absolute atomic E-state index is 11.4. The topological polar surface area (TPSA) is 125 Å². The number of nitrogens with one attached hydrogen (secondary N) is 1. The summed E-state index contributed by atoms with van der Waals surface area (Å²) < 4.78 is 6.12. The molecule has 1 aromatic heterocycles. The third-order valence-electron chi connectivity index (χ3n) is 1.93. The second kappa shape index (κ2) is 5.70. The monoisotopic (exact) mass is 307 g/mol. The number of hydrazine groups is 1. The fourth-order valence-electron chi connectivity index (χ4n) is 1.17. The SMILES string of the molecule is COCC(C(=O)NN)n1cc(Br)c([N+](=O)[O-])n1. The zero-order valence-electron chi connectivity index (χ0n) is 8.79. The summed E-state index contributed by atoms with van der Waals surface area (Å²) in [4.78, 5) is 21.4. The average Bonchev–Trinajstić information content (AvgIpc) is 2.67. The first-order valence-corrected chi connectivity index (χ1v) is 5.19. The number of carbonyl (C=O) groups is 1. The Hall–Kier alpha value is -1.52. The van der Waals surface area contributed by atoms with Gasteiger partial charge in [-0.25, -0.2) is 5.84 Å². The number of halogens is 1. The number of nitrogens with zero attached hydrogens (tertiary/aromatic N) is 3. The highest BCUT2D eigenvalue weighted by atomic mass is 79.9. The molecule has 10 heteroatoms. The molecule has 0 bridgehead atoms. The van der Waals surface area contributed by atoms with Gasteiger partial charge in [-0.2, -0.15) is 4.68 Å². The molecule has 0 fully saturated rings. The lowest BCUT2D eigenvalue weighted by atomic mass is 10.3. The van der Waals surface area contributed by atoms with Crippen molar-refractivity contribution in [1.82, 2.24) is 15.2 Å². The van der Waals surface area contributed by atoms with Crippen LogP contribution in [0, 0.1) is 10.1 Å². The van der Waals surface area contributed by atoms with Crippen LogP contribution in [0.2, 0.25) is 0 Å². The lowest BCUT2D eigenvalue weighted by molar-refractivity contribution is -0.390. The number of aromatic nitrogens is 2. The fraction of sp³-hybridized carbons (Fsp3) is 0.429. The van der Waals surface area contributed by atoms with E-state index in [4.69, 9.17) is 10.6 Å². The summed E-state index contributed by atoms with van der Waals surface area (Å²) in [6.07, 6.45) is 1.32. The highest BCUT2D eigenvalue weighted by molar-refractivity contribution is 9.10.